The Bertz CT molecular complexity index is 1170. The number of rotatable bonds is 38. The van der Waals surface area contributed by atoms with Gasteiger partial charge in [-0.3, -0.25) is 14.4 Å². The molecule has 0 rings (SSSR count). The van der Waals surface area contributed by atoms with Gasteiger partial charge in [-0.15, -0.1) is 0 Å². The van der Waals surface area contributed by atoms with Crippen LogP contribution in [-0.2, 0) is 28.6 Å². The predicted molar refractivity (Wildman–Crippen MR) is 237 cm³/mol. The van der Waals surface area contributed by atoms with Gasteiger partial charge >= 0.3 is 17.9 Å². The predicted octanol–water partition coefficient (Wildman–Crippen LogP) is 14.2. The van der Waals surface area contributed by atoms with Gasteiger partial charge in [-0.1, -0.05) is 182 Å². The Morgan fingerprint density at radius 2 is 0.857 bits per heavy atom. The summed E-state index contributed by atoms with van der Waals surface area (Å²) >= 11 is 0. The third-order valence-electron chi connectivity index (χ3n) is 8.93. The topological polar surface area (TPSA) is 78.9 Å². The highest BCUT2D eigenvalue weighted by Gasteiger charge is 2.19. The number of esters is 3. The first-order chi connectivity index (χ1) is 27.5. The van der Waals surface area contributed by atoms with Crippen molar-refractivity contribution in [3.63, 3.8) is 0 Å². The van der Waals surface area contributed by atoms with Crippen LogP contribution in [0.1, 0.15) is 181 Å². The molecule has 0 aliphatic carbocycles. The van der Waals surface area contributed by atoms with Crippen LogP contribution in [0.5, 0.6) is 0 Å². The maximum Gasteiger partial charge on any atom is 0.309 e. The van der Waals surface area contributed by atoms with E-state index in [1.54, 1.807) is 6.08 Å². The van der Waals surface area contributed by atoms with Crippen LogP contribution in [0.3, 0.4) is 0 Å². The van der Waals surface area contributed by atoms with E-state index in [2.05, 4.69) is 81.5 Å². The fraction of sp³-hybridized carbons (Fsp3) is 0.620. The van der Waals surface area contributed by atoms with Crippen molar-refractivity contribution < 1.29 is 28.6 Å². The van der Waals surface area contributed by atoms with E-state index < -0.39 is 12.1 Å². The van der Waals surface area contributed by atoms with Crippen LogP contribution in [0.25, 0.3) is 0 Å². The zero-order valence-corrected chi connectivity index (χ0v) is 35.9. The lowest BCUT2D eigenvalue weighted by Gasteiger charge is -2.18. The molecule has 0 saturated heterocycles. The van der Waals surface area contributed by atoms with E-state index in [-0.39, 0.29) is 38.0 Å². The van der Waals surface area contributed by atoms with Gasteiger partial charge in [-0.05, 0) is 77.0 Å². The van der Waals surface area contributed by atoms with Crippen molar-refractivity contribution in [1.29, 1.82) is 0 Å². The molecule has 1 atom stereocenters. The van der Waals surface area contributed by atoms with Gasteiger partial charge in [0, 0.05) is 12.8 Å². The van der Waals surface area contributed by atoms with E-state index >= 15 is 0 Å². The minimum absolute atomic E-state index is 0.124. The number of hydrogen-bond acceptors (Lipinski definition) is 6. The third-order valence-corrected chi connectivity index (χ3v) is 8.93. The highest BCUT2D eigenvalue weighted by atomic mass is 16.6. The number of allylic oxidation sites excluding steroid dienone is 15. The van der Waals surface area contributed by atoms with E-state index in [0.717, 1.165) is 96.3 Å². The van der Waals surface area contributed by atoms with Gasteiger partial charge in [0.15, 0.2) is 6.10 Å². The molecule has 0 bridgehead atoms. The van der Waals surface area contributed by atoms with Crippen molar-refractivity contribution in [1.82, 2.24) is 0 Å². The second-order valence-electron chi connectivity index (χ2n) is 14.3. The van der Waals surface area contributed by atoms with Crippen LogP contribution in [0.15, 0.2) is 97.2 Å². The van der Waals surface area contributed by atoms with Gasteiger partial charge in [-0.2, -0.15) is 0 Å². The van der Waals surface area contributed by atoms with E-state index in [1.165, 1.54) is 44.9 Å². The average Bonchev–Trinajstić information content (AvgIpc) is 3.19. The Hall–Kier alpha value is -3.67. The first-order valence-corrected chi connectivity index (χ1v) is 22.3. The highest BCUT2D eigenvalue weighted by molar-refractivity contribution is 5.72. The lowest BCUT2D eigenvalue weighted by atomic mass is 10.1. The van der Waals surface area contributed by atoms with Gasteiger partial charge in [0.2, 0.25) is 0 Å². The van der Waals surface area contributed by atoms with Crippen molar-refractivity contribution in [2.45, 2.75) is 187 Å². The fourth-order valence-corrected chi connectivity index (χ4v) is 5.62. The van der Waals surface area contributed by atoms with Crippen molar-refractivity contribution in [2.75, 3.05) is 13.2 Å². The molecule has 0 aliphatic heterocycles. The molecule has 0 aromatic rings. The van der Waals surface area contributed by atoms with Crippen LogP contribution in [0.2, 0.25) is 0 Å². The Labute approximate surface area is 343 Å². The summed E-state index contributed by atoms with van der Waals surface area (Å²) in [5.74, 6) is -1.10. The summed E-state index contributed by atoms with van der Waals surface area (Å²) in [6.45, 7) is 6.21. The second kappa shape index (κ2) is 44.0. The van der Waals surface area contributed by atoms with Gasteiger partial charge < -0.3 is 14.2 Å². The summed E-state index contributed by atoms with van der Waals surface area (Å²) in [5.41, 5.74) is 0. The van der Waals surface area contributed by atoms with Gasteiger partial charge in [-0.25, -0.2) is 0 Å². The van der Waals surface area contributed by atoms with Gasteiger partial charge in [0.25, 0.3) is 0 Å². The number of carbonyl (C=O) groups is 3. The first-order valence-electron chi connectivity index (χ1n) is 22.3. The SMILES string of the molecule is CC\C=C/C=C\C=C/C=C\CCCCCCCC(=O)OCC(COC(=O)C/C=C\C/C=C\C/C=C\CC)OC(=O)CCCCC/C=C\CCCCCCCCC. The van der Waals surface area contributed by atoms with Crippen molar-refractivity contribution in [3.8, 4) is 0 Å². The molecule has 0 aliphatic rings. The number of carbonyl (C=O) groups excluding carboxylic acids is 3. The molecule has 0 N–H and O–H groups in total. The first kappa shape index (κ1) is 52.3. The summed E-state index contributed by atoms with van der Waals surface area (Å²) in [4.78, 5) is 37.6. The number of ether oxygens (including phenoxy) is 3. The van der Waals surface area contributed by atoms with Crippen molar-refractivity contribution >= 4 is 17.9 Å². The lowest BCUT2D eigenvalue weighted by Crippen LogP contribution is -2.30. The summed E-state index contributed by atoms with van der Waals surface area (Å²) < 4.78 is 16.5. The zero-order chi connectivity index (χ0) is 40.8. The van der Waals surface area contributed by atoms with Gasteiger partial charge in [0.05, 0.1) is 6.42 Å². The highest BCUT2D eigenvalue weighted by Crippen LogP contribution is 2.12. The quantitative estimate of drug-likeness (QED) is 0.0204. The standard InChI is InChI=1S/C50H80O6/c1-4-7-10-13-16-19-21-23-25-27-28-31-34-37-40-43-49(52)55-46-47(45-54-48(51)42-39-36-33-30-18-15-12-9-6-3)56-50(53)44-41-38-35-32-29-26-24-22-20-17-14-11-8-5-2/h7,9-10,12-13,16,18-19,21,23,25-26,29-30,36,39,47H,4-6,8,11,14-15,17,20,22,24,27-28,31-35,37-38,40-46H2,1-3H3/b10-7-,12-9-,16-13-,21-19-,25-23-,29-26-,30-18-,39-36-. The van der Waals surface area contributed by atoms with Crippen LogP contribution in [-0.4, -0.2) is 37.2 Å². The Morgan fingerprint density at radius 3 is 1.46 bits per heavy atom. The molecule has 0 aromatic carbocycles. The maximum atomic E-state index is 12.7. The number of hydrogen-bond donors (Lipinski definition) is 0. The minimum Gasteiger partial charge on any atom is -0.462 e. The van der Waals surface area contributed by atoms with Crippen molar-refractivity contribution in [3.05, 3.63) is 97.2 Å². The second-order valence-corrected chi connectivity index (χ2v) is 14.3. The molecule has 0 fully saturated rings. The van der Waals surface area contributed by atoms with Crippen LogP contribution >= 0.6 is 0 Å². The Morgan fingerprint density at radius 1 is 0.411 bits per heavy atom. The molecule has 56 heavy (non-hydrogen) atoms. The minimum atomic E-state index is -0.829. The summed E-state index contributed by atoms with van der Waals surface area (Å²) in [6.07, 6.45) is 57.1. The van der Waals surface area contributed by atoms with E-state index in [4.69, 9.17) is 14.2 Å². The van der Waals surface area contributed by atoms with E-state index in [9.17, 15) is 14.4 Å². The molecule has 0 radical (unpaired) electrons. The summed E-state index contributed by atoms with van der Waals surface area (Å²) in [7, 11) is 0. The zero-order valence-electron chi connectivity index (χ0n) is 35.9. The van der Waals surface area contributed by atoms with Crippen LogP contribution in [0.4, 0.5) is 0 Å². The van der Waals surface area contributed by atoms with Crippen LogP contribution in [0, 0.1) is 0 Å². The monoisotopic (exact) mass is 777 g/mol. The molecule has 6 nitrogen and oxygen atoms in total. The molecule has 0 spiro atoms. The fourth-order valence-electron chi connectivity index (χ4n) is 5.62. The number of unbranched alkanes of at least 4 members (excludes halogenated alkanes) is 15. The molecule has 0 saturated carbocycles. The molecule has 0 heterocycles. The third kappa shape index (κ3) is 41.5. The average molecular weight is 777 g/mol. The Balaban J connectivity index is 4.51. The lowest BCUT2D eigenvalue weighted by molar-refractivity contribution is -0.166. The molecular formula is C50H80O6. The maximum absolute atomic E-state index is 12.7. The summed E-state index contributed by atoms with van der Waals surface area (Å²) in [6, 6.07) is 0. The molecule has 316 valence electrons. The molecule has 1 unspecified atom stereocenters. The Kier molecular flexibility index (Phi) is 41.2. The largest absolute Gasteiger partial charge is 0.462 e. The smallest absolute Gasteiger partial charge is 0.309 e. The summed E-state index contributed by atoms with van der Waals surface area (Å²) in [5, 5.41) is 0. The normalized spacial score (nSPS) is 13.0. The van der Waals surface area contributed by atoms with E-state index in [0.29, 0.717) is 6.42 Å². The molecular weight excluding hydrogens is 697 g/mol. The van der Waals surface area contributed by atoms with Crippen LogP contribution < -0.4 is 0 Å². The molecule has 6 heteroatoms. The molecule has 0 aromatic heterocycles. The van der Waals surface area contributed by atoms with E-state index in [1.807, 2.05) is 30.4 Å². The van der Waals surface area contributed by atoms with Gasteiger partial charge in [0.1, 0.15) is 13.2 Å². The van der Waals surface area contributed by atoms with Crippen molar-refractivity contribution in [2.24, 2.45) is 0 Å². The molecule has 0 amide bonds.